The third-order valence-electron chi connectivity index (χ3n) is 3.46. The minimum Gasteiger partial charge on any atom is -0.497 e. The molecule has 0 saturated carbocycles. The van der Waals surface area contributed by atoms with Crippen LogP contribution >= 0.6 is 0 Å². The Bertz CT molecular complexity index is 636. The van der Waals surface area contributed by atoms with Crippen LogP contribution in [0.3, 0.4) is 0 Å². The molecule has 0 heterocycles. The molecule has 0 atom stereocenters. The van der Waals surface area contributed by atoms with E-state index in [1.165, 1.54) is 5.56 Å². The molecule has 0 unspecified atom stereocenters. The van der Waals surface area contributed by atoms with Crippen LogP contribution < -0.4 is 10.1 Å². The van der Waals surface area contributed by atoms with Gasteiger partial charge in [0.05, 0.1) is 13.7 Å². The quantitative estimate of drug-likeness (QED) is 0.711. The largest absolute Gasteiger partial charge is 0.497 e. The number of ether oxygens (including phenoxy) is 2. The first kappa shape index (κ1) is 17.8. The van der Waals surface area contributed by atoms with Crippen molar-refractivity contribution in [1.82, 2.24) is 5.32 Å². The summed E-state index contributed by atoms with van der Waals surface area (Å²) in [5.74, 6) is 0.604. The second-order valence-electron chi connectivity index (χ2n) is 5.28. The Morgan fingerprint density at radius 1 is 1.08 bits per heavy atom. The summed E-state index contributed by atoms with van der Waals surface area (Å²) in [7, 11) is 1.60. The van der Waals surface area contributed by atoms with Gasteiger partial charge in [-0.2, -0.15) is 0 Å². The number of benzene rings is 2. The number of unbranched alkanes of at least 4 members (excludes halogenated alkanes) is 1. The SMILES string of the molecule is COc1ccc(C(=O)N/C=C\CCCOCc2ccccc2)cc1. The van der Waals surface area contributed by atoms with Crippen molar-refractivity contribution in [1.29, 1.82) is 0 Å². The zero-order chi connectivity index (χ0) is 17.0. The van der Waals surface area contributed by atoms with Crippen LogP contribution in [0.1, 0.15) is 28.8 Å². The van der Waals surface area contributed by atoms with Crippen molar-refractivity contribution >= 4 is 5.91 Å². The highest BCUT2D eigenvalue weighted by molar-refractivity contribution is 5.94. The normalized spacial score (nSPS) is 10.7. The maximum atomic E-state index is 11.9. The number of rotatable bonds is 9. The van der Waals surface area contributed by atoms with E-state index in [1.807, 2.05) is 24.3 Å². The van der Waals surface area contributed by atoms with Crippen LogP contribution in [0, 0.1) is 0 Å². The fourth-order valence-electron chi connectivity index (χ4n) is 2.11. The predicted molar refractivity (Wildman–Crippen MR) is 94.9 cm³/mol. The molecule has 1 amide bonds. The van der Waals surface area contributed by atoms with Gasteiger partial charge in [0.25, 0.3) is 5.91 Å². The van der Waals surface area contributed by atoms with Crippen molar-refractivity contribution in [2.24, 2.45) is 0 Å². The molecular formula is C20H23NO3. The molecule has 0 aromatic heterocycles. The first-order valence-electron chi connectivity index (χ1n) is 8.01. The number of hydrogen-bond acceptors (Lipinski definition) is 3. The Hall–Kier alpha value is -2.59. The van der Waals surface area contributed by atoms with Crippen molar-refractivity contribution in [3.8, 4) is 5.75 Å². The van der Waals surface area contributed by atoms with E-state index < -0.39 is 0 Å². The van der Waals surface area contributed by atoms with Crippen LogP contribution in [0.4, 0.5) is 0 Å². The molecule has 0 bridgehead atoms. The van der Waals surface area contributed by atoms with Gasteiger partial charge in [0.2, 0.25) is 0 Å². The average Bonchev–Trinajstić information content (AvgIpc) is 2.64. The molecule has 126 valence electrons. The maximum absolute atomic E-state index is 11.9. The highest BCUT2D eigenvalue weighted by Gasteiger charge is 2.02. The molecule has 0 aliphatic carbocycles. The summed E-state index contributed by atoms with van der Waals surface area (Å²) in [6.07, 6.45) is 5.40. The lowest BCUT2D eigenvalue weighted by molar-refractivity contribution is 0.0970. The molecule has 0 spiro atoms. The lowest BCUT2D eigenvalue weighted by atomic mass is 10.2. The first-order chi connectivity index (χ1) is 11.8. The van der Waals surface area contributed by atoms with E-state index in [2.05, 4.69) is 17.4 Å². The van der Waals surface area contributed by atoms with Gasteiger partial charge in [-0.3, -0.25) is 4.79 Å². The zero-order valence-electron chi connectivity index (χ0n) is 13.9. The summed E-state index contributed by atoms with van der Waals surface area (Å²) in [6, 6.07) is 17.1. The number of carbonyl (C=O) groups is 1. The van der Waals surface area contributed by atoms with E-state index in [1.54, 1.807) is 37.6 Å². The van der Waals surface area contributed by atoms with Crippen LogP contribution in [0.2, 0.25) is 0 Å². The van der Waals surface area contributed by atoms with E-state index >= 15 is 0 Å². The van der Waals surface area contributed by atoms with E-state index in [0.717, 1.165) is 18.6 Å². The topological polar surface area (TPSA) is 47.6 Å². The van der Waals surface area contributed by atoms with Crippen LogP contribution in [0.15, 0.2) is 66.9 Å². The van der Waals surface area contributed by atoms with Gasteiger partial charge in [-0.05, 0) is 42.7 Å². The highest BCUT2D eigenvalue weighted by atomic mass is 16.5. The summed E-state index contributed by atoms with van der Waals surface area (Å²) in [5.41, 5.74) is 1.78. The zero-order valence-corrected chi connectivity index (χ0v) is 13.9. The van der Waals surface area contributed by atoms with Gasteiger partial charge < -0.3 is 14.8 Å². The molecule has 0 radical (unpaired) electrons. The number of methoxy groups -OCH3 is 1. The summed E-state index contributed by atoms with van der Waals surface area (Å²) < 4.78 is 10.7. The lowest BCUT2D eigenvalue weighted by Crippen LogP contribution is -2.16. The average molecular weight is 325 g/mol. The van der Waals surface area contributed by atoms with Gasteiger partial charge in [-0.25, -0.2) is 0 Å². The summed E-state index contributed by atoms with van der Waals surface area (Å²) >= 11 is 0. The number of allylic oxidation sites excluding steroid dienone is 1. The Labute approximate surface area is 143 Å². The highest BCUT2D eigenvalue weighted by Crippen LogP contribution is 2.11. The van der Waals surface area contributed by atoms with Gasteiger partial charge in [0, 0.05) is 18.4 Å². The van der Waals surface area contributed by atoms with Crippen LogP contribution in [0.5, 0.6) is 5.75 Å². The minimum atomic E-state index is -0.130. The van der Waals surface area contributed by atoms with Gasteiger partial charge in [0.1, 0.15) is 5.75 Å². The number of carbonyl (C=O) groups excluding carboxylic acids is 1. The molecule has 0 fully saturated rings. The van der Waals surface area contributed by atoms with Crippen LogP contribution in [-0.4, -0.2) is 19.6 Å². The Balaban J connectivity index is 1.57. The molecule has 0 saturated heterocycles. The van der Waals surface area contributed by atoms with Crippen molar-refractivity contribution < 1.29 is 14.3 Å². The standard InChI is InChI=1S/C20H23NO3/c1-23-19-12-10-18(11-13-19)20(22)21-14-6-3-7-15-24-16-17-8-4-2-5-9-17/h2,4-6,8-14H,3,7,15-16H2,1H3,(H,21,22)/b14-6-. The van der Waals surface area contributed by atoms with E-state index in [0.29, 0.717) is 18.8 Å². The monoisotopic (exact) mass is 325 g/mol. The van der Waals surface area contributed by atoms with Crippen molar-refractivity contribution in [2.45, 2.75) is 19.4 Å². The van der Waals surface area contributed by atoms with Crippen molar-refractivity contribution in [3.63, 3.8) is 0 Å². The molecule has 2 rings (SSSR count). The molecule has 2 aromatic rings. The van der Waals surface area contributed by atoms with E-state index in [-0.39, 0.29) is 5.91 Å². The van der Waals surface area contributed by atoms with Crippen LogP contribution in [0.25, 0.3) is 0 Å². The van der Waals surface area contributed by atoms with Gasteiger partial charge in [-0.15, -0.1) is 0 Å². The third kappa shape index (κ3) is 6.26. The Morgan fingerprint density at radius 3 is 2.54 bits per heavy atom. The smallest absolute Gasteiger partial charge is 0.255 e. The number of nitrogens with one attached hydrogen (secondary N) is 1. The molecule has 0 aliphatic heterocycles. The van der Waals surface area contributed by atoms with E-state index in [9.17, 15) is 4.79 Å². The molecular weight excluding hydrogens is 302 g/mol. The molecule has 1 N–H and O–H groups in total. The van der Waals surface area contributed by atoms with Gasteiger partial charge >= 0.3 is 0 Å². The second kappa shape index (κ2) is 10.2. The van der Waals surface area contributed by atoms with Gasteiger partial charge in [0.15, 0.2) is 0 Å². The Morgan fingerprint density at radius 2 is 1.83 bits per heavy atom. The first-order valence-corrected chi connectivity index (χ1v) is 8.01. The minimum absolute atomic E-state index is 0.130. The van der Waals surface area contributed by atoms with E-state index in [4.69, 9.17) is 9.47 Å². The molecule has 24 heavy (non-hydrogen) atoms. The fourth-order valence-corrected chi connectivity index (χ4v) is 2.11. The molecule has 2 aromatic carbocycles. The summed E-state index contributed by atoms with van der Waals surface area (Å²) in [5, 5.41) is 2.75. The molecule has 4 nitrogen and oxygen atoms in total. The maximum Gasteiger partial charge on any atom is 0.255 e. The van der Waals surface area contributed by atoms with Gasteiger partial charge in [-0.1, -0.05) is 36.4 Å². The van der Waals surface area contributed by atoms with Crippen LogP contribution in [-0.2, 0) is 11.3 Å². The Kier molecular flexibility index (Phi) is 7.57. The van der Waals surface area contributed by atoms with Crippen molar-refractivity contribution in [3.05, 3.63) is 78.0 Å². The predicted octanol–water partition coefficient (Wildman–Crippen LogP) is 3.94. The molecule has 0 aliphatic rings. The second-order valence-corrected chi connectivity index (χ2v) is 5.28. The number of hydrogen-bond donors (Lipinski definition) is 1. The third-order valence-corrected chi connectivity index (χ3v) is 3.46. The number of amides is 1. The van der Waals surface area contributed by atoms with Crippen molar-refractivity contribution in [2.75, 3.05) is 13.7 Å². The lowest BCUT2D eigenvalue weighted by Gasteiger charge is -2.03. The summed E-state index contributed by atoms with van der Waals surface area (Å²) in [4.78, 5) is 11.9. The fraction of sp³-hybridized carbons (Fsp3) is 0.250. The molecule has 4 heteroatoms. The summed E-state index contributed by atoms with van der Waals surface area (Å²) in [6.45, 7) is 1.34.